The van der Waals surface area contributed by atoms with Crippen LogP contribution in [0.25, 0.3) is 11.0 Å². The lowest BCUT2D eigenvalue weighted by Gasteiger charge is -2.25. The molecule has 176 valence electrons. The minimum Gasteiger partial charge on any atom is -0.486 e. The Morgan fingerprint density at radius 1 is 1.03 bits per heavy atom. The van der Waals surface area contributed by atoms with Gasteiger partial charge in [-0.25, -0.2) is 18.2 Å². The number of esters is 1. The first-order valence-corrected chi connectivity index (χ1v) is 12.8. The Morgan fingerprint density at radius 2 is 1.76 bits per heavy atom. The van der Waals surface area contributed by atoms with E-state index in [1.807, 2.05) is 17.6 Å². The summed E-state index contributed by atoms with van der Waals surface area (Å²) in [5.74, 6) is 0.938. The SMILES string of the molecule is CCOC(=O)c1ccc(OCc2nc3cc(S(=O)(=O)N4CCCCC4)ccc3n2CC)cc1. The van der Waals surface area contributed by atoms with E-state index in [2.05, 4.69) is 4.98 Å². The molecule has 33 heavy (non-hydrogen) atoms. The molecule has 0 spiro atoms. The summed E-state index contributed by atoms with van der Waals surface area (Å²) in [7, 11) is -3.52. The second-order valence-corrected chi connectivity index (χ2v) is 9.86. The topological polar surface area (TPSA) is 90.7 Å². The molecule has 2 aromatic carbocycles. The van der Waals surface area contributed by atoms with E-state index >= 15 is 0 Å². The Morgan fingerprint density at radius 3 is 2.42 bits per heavy atom. The number of fused-ring (bicyclic) bond motifs is 1. The van der Waals surface area contributed by atoms with Crippen molar-refractivity contribution in [3.05, 3.63) is 53.9 Å². The summed E-state index contributed by atoms with van der Waals surface area (Å²) < 4.78 is 40.6. The summed E-state index contributed by atoms with van der Waals surface area (Å²) in [6.45, 7) is 6.13. The van der Waals surface area contributed by atoms with Gasteiger partial charge in [-0.2, -0.15) is 4.31 Å². The van der Waals surface area contributed by atoms with E-state index in [9.17, 15) is 13.2 Å². The first-order valence-electron chi connectivity index (χ1n) is 11.3. The third-order valence-electron chi connectivity index (χ3n) is 5.80. The van der Waals surface area contributed by atoms with Crippen molar-refractivity contribution in [1.29, 1.82) is 0 Å². The zero-order valence-electron chi connectivity index (χ0n) is 19.0. The predicted molar refractivity (Wildman–Crippen MR) is 125 cm³/mol. The summed E-state index contributed by atoms with van der Waals surface area (Å²) in [6, 6.07) is 11.9. The van der Waals surface area contributed by atoms with Crippen molar-refractivity contribution in [1.82, 2.24) is 13.9 Å². The van der Waals surface area contributed by atoms with Gasteiger partial charge in [-0.3, -0.25) is 0 Å². The summed E-state index contributed by atoms with van der Waals surface area (Å²) >= 11 is 0. The number of ether oxygens (including phenoxy) is 2. The number of rotatable bonds is 8. The van der Waals surface area contributed by atoms with Gasteiger partial charge in [0.15, 0.2) is 0 Å². The Labute approximate surface area is 194 Å². The molecule has 1 aliphatic rings. The largest absolute Gasteiger partial charge is 0.486 e. The maximum atomic E-state index is 13.1. The molecular formula is C24H29N3O5S. The molecular weight excluding hydrogens is 442 g/mol. The van der Waals surface area contributed by atoms with Gasteiger partial charge in [0, 0.05) is 19.6 Å². The predicted octanol–water partition coefficient (Wildman–Crippen LogP) is 3.99. The number of nitrogens with zero attached hydrogens (tertiary/aromatic N) is 3. The highest BCUT2D eigenvalue weighted by Gasteiger charge is 2.26. The highest BCUT2D eigenvalue weighted by molar-refractivity contribution is 7.89. The lowest BCUT2D eigenvalue weighted by atomic mass is 10.2. The number of piperidine rings is 1. The third kappa shape index (κ3) is 4.89. The second kappa shape index (κ2) is 9.93. The zero-order valence-corrected chi connectivity index (χ0v) is 19.8. The fraction of sp³-hybridized carbons (Fsp3) is 0.417. The molecule has 3 aromatic rings. The summed E-state index contributed by atoms with van der Waals surface area (Å²) in [5.41, 5.74) is 1.96. The van der Waals surface area contributed by atoms with Crippen molar-refractivity contribution in [2.75, 3.05) is 19.7 Å². The van der Waals surface area contributed by atoms with Crippen molar-refractivity contribution >= 4 is 27.0 Å². The van der Waals surface area contributed by atoms with Crippen LogP contribution < -0.4 is 4.74 Å². The first kappa shape index (κ1) is 23.3. The van der Waals surface area contributed by atoms with Gasteiger partial charge in [-0.1, -0.05) is 6.42 Å². The van der Waals surface area contributed by atoms with Crippen molar-refractivity contribution < 1.29 is 22.7 Å². The van der Waals surface area contributed by atoms with Crippen molar-refractivity contribution in [3.63, 3.8) is 0 Å². The van der Waals surface area contributed by atoms with E-state index in [4.69, 9.17) is 9.47 Å². The minimum atomic E-state index is -3.52. The molecule has 8 nitrogen and oxygen atoms in total. The van der Waals surface area contributed by atoms with Crippen LogP contribution in [-0.2, 0) is 27.9 Å². The molecule has 1 fully saturated rings. The number of aromatic nitrogens is 2. The smallest absolute Gasteiger partial charge is 0.338 e. The van der Waals surface area contributed by atoms with Crippen molar-refractivity contribution in [2.24, 2.45) is 0 Å². The van der Waals surface area contributed by atoms with Crippen LogP contribution in [0, 0.1) is 0 Å². The third-order valence-corrected chi connectivity index (χ3v) is 7.70. The maximum Gasteiger partial charge on any atom is 0.338 e. The quantitative estimate of drug-likeness (QED) is 0.462. The maximum absolute atomic E-state index is 13.1. The number of imidazole rings is 1. The Balaban J connectivity index is 1.54. The van der Waals surface area contributed by atoms with Gasteiger partial charge in [-0.05, 0) is 69.2 Å². The standard InChI is InChI=1S/C24H29N3O5S/c1-3-27-22-13-12-20(33(29,30)26-14-6-5-7-15-26)16-21(22)25-23(27)17-32-19-10-8-18(9-11-19)24(28)31-4-2/h8-13,16H,3-7,14-15,17H2,1-2H3. The van der Waals surface area contributed by atoms with Crippen LogP contribution >= 0.6 is 0 Å². The van der Waals surface area contributed by atoms with E-state index in [0.717, 1.165) is 24.8 Å². The lowest BCUT2D eigenvalue weighted by Crippen LogP contribution is -2.35. The fourth-order valence-corrected chi connectivity index (χ4v) is 5.62. The number of carbonyl (C=O) groups excluding carboxylic acids is 1. The molecule has 2 heterocycles. The zero-order chi connectivity index (χ0) is 23.4. The molecule has 0 N–H and O–H groups in total. The van der Waals surface area contributed by atoms with Gasteiger partial charge in [0.1, 0.15) is 18.2 Å². The van der Waals surface area contributed by atoms with E-state index in [0.29, 0.717) is 48.9 Å². The van der Waals surface area contributed by atoms with E-state index in [1.165, 1.54) is 0 Å². The normalized spacial score (nSPS) is 15.0. The molecule has 0 atom stereocenters. The average molecular weight is 472 g/mol. The molecule has 9 heteroatoms. The summed E-state index contributed by atoms with van der Waals surface area (Å²) in [4.78, 5) is 16.7. The highest BCUT2D eigenvalue weighted by Crippen LogP contribution is 2.25. The Kier molecular flexibility index (Phi) is 6.99. The van der Waals surface area contributed by atoms with Gasteiger partial charge in [-0.15, -0.1) is 0 Å². The lowest BCUT2D eigenvalue weighted by molar-refractivity contribution is 0.0526. The fourth-order valence-electron chi connectivity index (χ4n) is 4.09. The van der Waals surface area contributed by atoms with Crippen LogP contribution in [0.5, 0.6) is 5.75 Å². The van der Waals surface area contributed by atoms with Crippen LogP contribution in [0.2, 0.25) is 0 Å². The second-order valence-electron chi connectivity index (χ2n) is 7.92. The molecule has 0 saturated carbocycles. The molecule has 4 rings (SSSR count). The van der Waals surface area contributed by atoms with Gasteiger partial charge < -0.3 is 14.0 Å². The molecule has 0 radical (unpaired) electrons. The number of hydrogen-bond donors (Lipinski definition) is 0. The van der Waals surface area contributed by atoms with Crippen molar-refractivity contribution in [3.8, 4) is 5.75 Å². The van der Waals surface area contributed by atoms with Crippen LogP contribution in [-0.4, -0.2) is 47.9 Å². The van der Waals surface area contributed by atoms with Gasteiger partial charge in [0.25, 0.3) is 0 Å². The number of benzene rings is 2. The minimum absolute atomic E-state index is 0.218. The molecule has 0 amide bonds. The van der Waals surface area contributed by atoms with Crippen LogP contribution in [0.3, 0.4) is 0 Å². The summed E-state index contributed by atoms with van der Waals surface area (Å²) in [5, 5.41) is 0. The molecule has 0 aliphatic carbocycles. The van der Waals surface area contributed by atoms with Crippen LogP contribution in [0.1, 0.15) is 49.3 Å². The Hall–Kier alpha value is -2.91. The number of hydrogen-bond acceptors (Lipinski definition) is 6. The molecule has 1 aromatic heterocycles. The Bertz CT molecular complexity index is 1230. The van der Waals surface area contributed by atoms with Gasteiger partial charge in [0.2, 0.25) is 10.0 Å². The summed E-state index contributed by atoms with van der Waals surface area (Å²) in [6.07, 6.45) is 2.86. The van der Waals surface area contributed by atoms with Gasteiger partial charge >= 0.3 is 5.97 Å². The van der Waals surface area contributed by atoms with E-state index in [-0.39, 0.29) is 17.5 Å². The van der Waals surface area contributed by atoms with E-state index < -0.39 is 10.0 Å². The molecule has 1 aliphatic heterocycles. The number of sulfonamides is 1. The number of carbonyl (C=O) groups is 1. The molecule has 0 bridgehead atoms. The van der Waals surface area contributed by atoms with E-state index in [1.54, 1.807) is 47.6 Å². The van der Waals surface area contributed by atoms with Crippen molar-refractivity contribution in [2.45, 2.75) is 51.2 Å². The molecule has 1 saturated heterocycles. The number of aryl methyl sites for hydroxylation is 1. The average Bonchev–Trinajstić information content (AvgIpc) is 3.20. The van der Waals surface area contributed by atoms with Crippen LogP contribution in [0.15, 0.2) is 47.4 Å². The van der Waals surface area contributed by atoms with Crippen LogP contribution in [0.4, 0.5) is 0 Å². The highest BCUT2D eigenvalue weighted by atomic mass is 32.2. The molecule has 0 unspecified atom stereocenters. The first-order chi connectivity index (χ1) is 15.9. The van der Waals surface area contributed by atoms with Gasteiger partial charge in [0.05, 0.1) is 28.1 Å². The monoisotopic (exact) mass is 471 g/mol.